The molecule has 3 aliphatic rings. The summed E-state index contributed by atoms with van der Waals surface area (Å²) >= 11 is 0. The number of aromatic nitrogens is 1. The normalized spacial score (nSPS) is 21.9. The van der Waals surface area contributed by atoms with Crippen LogP contribution >= 0.6 is 0 Å². The molecule has 5 rings (SSSR count). The van der Waals surface area contributed by atoms with Crippen LogP contribution in [-0.4, -0.2) is 73.8 Å². The summed E-state index contributed by atoms with van der Waals surface area (Å²) in [5, 5.41) is 9.33. The highest BCUT2D eigenvalue weighted by Crippen LogP contribution is 2.44. The Balaban J connectivity index is 1.34. The van der Waals surface area contributed by atoms with E-state index < -0.39 is 27.0 Å². The van der Waals surface area contributed by atoms with Gasteiger partial charge in [0, 0.05) is 36.4 Å². The fourth-order valence-corrected chi connectivity index (χ4v) is 9.33. The molecule has 3 amide bonds. The van der Waals surface area contributed by atoms with Crippen molar-refractivity contribution in [3.8, 4) is 5.69 Å². The number of rotatable bonds is 10. The van der Waals surface area contributed by atoms with E-state index in [4.69, 9.17) is 10.5 Å². The van der Waals surface area contributed by atoms with Gasteiger partial charge in [-0.25, -0.2) is 17.6 Å². The first-order chi connectivity index (χ1) is 20.8. The fraction of sp³-hybridized carbons (Fsp3) is 0.613. The molecule has 0 spiro atoms. The zero-order chi connectivity index (χ0) is 31.8. The second-order valence-corrected chi connectivity index (χ2v) is 14.9. The van der Waals surface area contributed by atoms with Crippen LogP contribution in [-0.2, 0) is 34.2 Å². The van der Waals surface area contributed by atoms with Crippen molar-refractivity contribution >= 4 is 27.5 Å². The monoisotopic (exact) mass is 632 g/mol. The Morgan fingerprint density at radius 2 is 1.77 bits per heavy atom. The van der Waals surface area contributed by atoms with Gasteiger partial charge in [0.1, 0.15) is 5.82 Å². The molecular formula is C31H45FN6O5S. The number of nitrogens with one attached hydrogen (secondary N) is 3. The minimum absolute atomic E-state index is 0.0134. The van der Waals surface area contributed by atoms with Crippen LogP contribution in [0, 0.1) is 11.2 Å². The molecule has 2 aliphatic heterocycles. The molecule has 0 radical (unpaired) electrons. The topological polar surface area (TPSA) is 148 Å². The summed E-state index contributed by atoms with van der Waals surface area (Å²) in [4.78, 5) is 27.3. The molecule has 11 nitrogen and oxygen atoms in total. The van der Waals surface area contributed by atoms with Gasteiger partial charge in [-0.15, -0.1) is 0 Å². The van der Waals surface area contributed by atoms with Crippen molar-refractivity contribution in [3.63, 3.8) is 0 Å². The molecule has 1 aliphatic carbocycles. The number of carbonyl (C=O) groups is 2. The predicted molar refractivity (Wildman–Crippen MR) is 166 cm³/mol. The molecule has 5 N–H and O–H groups in total. The maximum Gasteiger partial charge on any atom is 0.315 e. The van der Waals surface area contributed by atoms with Crippen molar-refractivity contribution in [2.45, 2.75) is 90.0 Å². The summed E-state index contributed by atoms with van der Waals surface area (Å²) in [6.45, 7) is 11.6. The Morgan fingerprint density at radius 3 is 2.43 bits per heavy atom. The highest BCUT2D eigenvalue weighted by molar-refractivity contribution is 7.91. The maximum atomic E-state index is 15.6. The average Bonchev–Trinajstić information content (AvgIpc) is 3.50. The first-order valence-electron chi connectivity index (χ1n) is 15.6. The summed E-state index contributed by atoms with van der Waals surface area (Å²) in [5.74, 6) is -1.64. The summed E-state index contributed by atoms with van der Waals surface area (Å²) in [5.41, 5.74) is 7.53. The fourth-order valence-electron chi connectivity index (χ4n) is 6.98. The molecule has 13 heteroatoms. The number of amides is 3. The number of nitrogens with two attached hydrogens (primary N) is 1. The van der Waals surface area contributed by atoms with Crippen LogP contribution in [0.4, 0.5) is 14.9 Å². The van der Waals surface area contributed by atoms with E-state index in [-0.39, 0.29) is 48.3 Å². The van der Waals surface area contributed by atoms with E-state index in [0.717, 1.165) is 32.5 Å². The lowest BCUT2D eigenvalue weighted by Crippen LogP contribution is -2.46. The number of carbonyl (C=O) groups excluding carboxylic acids is 2. The lowest BCUT2D eigenvalue weighted by Gasteiger charge is -2.32. The quantitative estimate of drug-likeness (QED) is 0.314. The average molecular weight is 633 g/mol. The molecule has 44 heavy (non-hydrogen) atoms. The van der Waals surface area contributed by atoms with Crippen LogP contribution in [0.1, 0.15) is 80.7 Å². The van der Waals surface area contributed by atoms with E-state index in [1.807, 2.05) is 13.8 Å². The number of fused-ring (bicyclic) bond motifs is 3. The molecule has 0 bridgehead atoms. The molecule has 1 aromatic carbocycles. The number of anilines is 1. The maximum absolute atomic E-state index is 15.6. The summed E-state index contributed by atoms with van der Waals surface area (Å²) in [6, 6.07) is 2.69. The van der Waals surface area contributed by atoms with Crippen LogP contribution in [0.2, 0.25) is 0 Å². The van der Waals surface area contributed by atoms with Gasteiger partial charge in [-0.2, -0.15) is 0 Å². The van der Waals surface area contributed by atoms with E-state index >= 15 is 4.39 Å². The van der Waals surface area contributed by atoms with Crippen molar-refractivity contribution in [1.82, 2.24) is 20.1 Å². The van der Waals surface area contributed by atoms with E-state index in [0.29, 0.717) is 53.3 Å². The lowest BCUT2D eigenvalue weighted by molar-refractivity contribution is 0.0997. The number of hydrogen-bond donors (Lipinski definition) is 4. The first kappa shape index (κ1) is 32.2. The number of primary amides is 1. The molecule has 242 valence electrons. The molecule has 1 saturated carbocycles. The molecule has 1 aromatic heterocycles. The Labute approximate surface area is 259 Å². The molecule has 3 heterocycles. The third-order valence-corrected chi connectivity index (χ3v) is 11.3. The number of sulfone groups is 1. The van der Waals surface area contributed by atoms with Crippen molar-refractivity contribution in [3.05, 3.63) is 40.5 Å². The standard InChI is InChI=1S/C31H45FN6O5S/c1-5-37(6-2)12-11-34-30(40)36-20-9-7-19(8-10-20)35-24-14-21(13-23(32)27(24)29(33)39)38-25-15-31(3,4)18-44(41,42)28(25)22-16-43-17-26(22)38/h13-14,19-20,35H,5-12,15-18H2,1-4H3,(H2,33,39)(H2,34,36,40). The number of hydrogen-bond acceptors (Lipinski definition) is 7. The number of benzene rings is 1. The Morgan fingerprint density at radius 1 is 1.09 bits per heavy atom. The van der Waals surface area contributed by atoms with E-state index in [1.54, 1.807) is 10.6 Å². The minimum Gasteiger partial charge on any atom is -0.382 e. The number of urea groups is 1. The largest absolute Gasteiger partial charge is 0.382 e. The zero-order valence-corrected chi connectivity index (χ0v) is 26.9. The summed E-state index contributed by atoms with van der Waals surface area (Å²) < 4.78 is 49.8. The molecule has 1 fully saturated rings. The highest BCUT2D eigenvalue weighted by Gasteiger charge is 2.43. The van der Waals surface area contributed by atoms with Crippen LogP contribution < -0.4 is 21.7 Å². The van der Waals surface area contributed by atoms with Gasteiger partial charge in [0.25, 0.3) is 5.91 Å². The van der Waals surface area contributed by atoms with Crippen LogP contribution in [0.3, 0.4) is 0 Å². The van der Waals surface area contributed by atoms with Crippen molar-refractivity contribution in [2.24, 2.45) is 11.1 Å². The predicted octanol–water partition coefficient (Wildman–Crippen LogP) is 3.47. The Bertz CT molecular complexity index is 1530. The van der Waals surface area contributed by atoms with Gasteiger partial charge in [-0.1, -0.05) is 27.7 Å². The molecule has 0 atom stereocenters. The van der Waals surface area contributed by atoms with Crippen LogP contribution in [0.15, 0.2) is 17.0 Å². The van der Waals surface area contributed by atoms with Crippen molar-refractivity contribution in [2.75, 3.05) is 37.2 Å². The van der Waals surface area contributed by atoms with Gasteiger partial charge >= 0.3 is 6.03 Å². The van der Waals surface area contributed by atoms with Crippen LogP contribution in [0.25, 0.3) is 5.69 Å². The van der Waals surface area contributed by atoms with Gasteiger partial charge in [0.15, 0.2) is 9.84 Å². The first-order valence-corrected chi connectivity index (χ1v) is 17.2. The van der Waals surface area contributed by atoms with Crippen molar-refractivity contribution < 1.29 is 27.1 Å². The second kappa shape index (κ2) is 12.7. The van der Waals surface area contributed by atoms with Crippen molar-refractivity contribution in [1.29, 1.82) is 0 Å². The summed E-state index contributed by atoms with van der Waals surface area (Å²) in [7, 11) is -3.57. The van der Waals surface area contributed by atoms with Gasteiger partial charge in [-0.3, -0.25) is 4.79 Å². The molecule has 0 unspecified atom stereocenters. The van der Waals surface area contributed by atoms with Gasteiger partial charge in [0.2, 0.25) is 0 Å². The van der Waals surface area contributed by atoms with E-state index in [2.05, 4.69) is 34.7 Å². The minimum atomic E-state index is -3.57. The number of ether oxygens (including phenoxy) is 1. The SMILES string of the molecule is CCN(CC)CCNC(=O)NC1CCC(Nc2cc(-n3c4c(c5c3CC(C)(C)CS5(=O)=O)COC4)cc(F)c2C(N)=O)CC1. The number of nitrogens with zero attached hydrogens (tertiary/aromatic N) is 2. The Hall–Kier alpha value is -3.16. The third-order valence-electron chi connectivity index (χ3n) is 9.06. The second-order valence-electron chi connectivity index (χ2n) is 13.0. The lowest BCUT2D eigenvalue weighted by atomic mass is 9.89. The number of likely N-dealkylation sites (N-methyl/N-ethyl adjacent to an activating group) is 1. The van der Waals surface area contributed by atoms with Gasteiger partial charge in [0.05, 0.1) is 46.5 Å². The van der Waals surface area contributed by atoms with Crippen LogP contribution in [0.5, 0.6) is 0 Å². The summed E-state index contributed by atoms with van der Waals surface area (Å²) in [6.07, 6.45) is 3.33. The molecule has 0 saturated heterocycles. The van der Waals surface area contributed by atoms with Gasteiger partial charge in [-0.05, 0) is 62.7 Å². The smallest absolute Gasteiger partial charge is 0.315 e. The molecular weight excluding hydrogens is 587 g/mol. The van der Waals surface area contributed by atoms with E-state index in [9.17, 15) is 18.0 Å². The Kier molecular flexibility index (Phi) is 9.29. The van der Waals surface area contributed by atoms with Gasteiger partial charge < -0.3 is 35.9 Å². The third kappa shape index (κ3) is 6.59. The molecule has 2 aromatic rings. The number of halogens is 1. The van der Waals surface area contributed by atoms with E-state index in [1.165, 1.54) is 6.07 Å². The highest BCUT2D eigenvalue weighted by atomic mass is 32.2. The zero-order valence-electron chi connectivity index (χ0n) is 26.1.